The Bertz CT molecular complexity index is 1030. The molecule has 0 bridgehead atoms. The van der Waals surface area contributed by atoms with Crippen LogP contribution in [0.4, 0.5) is 0 Å². The summed E-state index contributed by atoms with van der Waals surface area (Å²) in [5, 5.41) is 22.6. The molecule has 0 saturated heterocycles. The lowest BCUT2D eigenvalue weighted by Crippen LogP contribution is -2.11. The van der Waals surface area contributed by atoms with Crippen molar-refractivity contribution in [3.8, 4) is 21.4 Å². The van der Waals surface area contributed by atoms with E-state index in [9.17, 15) is 0 Å². The normalized spacial score (nSPS) is 12.4. The van der Waals surface area contributed by atoms with Gasteiger partial charge >= 0.3 is 0 Å². The summed E-state index contributed by atoms with van der Waals surface area (Å²) in [7, 11) is 0. The molecule has 7 nitrogen and oxygen atoms in total. The van der Waals surface area contributed by atoms with Gasteiger partial charge in [0.1, 0.15) is 5.69 Å². The molecule has 0 radical (unpaired) electrons. The fourth-order valence-electron chi connectivity index (χ4n) is 2.42. The highest BCUT2D eigenvalue weighted by atomic mass is 32.1. The van der Waals surface area contributed by atoms with Crippen molar-refractivity contribution in [3.63, 3.8) is 0 Å². The first-order chi connectivity index (χ1) is 11.3. The van der Waals surface area contributed by atoms with Crippen LogP contribution in [0.3, 0.4) is 0 Å². The number of H-pyrrole nitrogens is 1. The summed E-state index contributed by atoms with van der Waals surface area (Å²) in [5.74, 6) is 0.651. The molecule has 124 valence electrons. The summed E-state index contributed by atoms with van der Waals surface area (Å²) < 4.78 is 1.76. The molecule has 0 spiro atoms. The van der Waals surface area contributed by atoms with Gasteiger partial charge in [-0.1, -0.05) is 32.1 Å². The topological polar surface area (TPSA) is 84.7 Å². The lowest BCUT2D eigenvalue weighted by molar-refractivity contribution is 0.567. The average molecular weight is 359 g/mol. The molecule has 0 amide bonds. The second-order valence-electron chi connectivity index (χ2n) is 6.69. The van der Waals surface area contributed by atoms with Crippen LogP contribution < -0.4 is 0 Å². The van der Waals surface area contributed by atoms with Crippen molar-refractivity contribution < 1.29 is 0 Å². The Morgan fingerprint density at radius 1 is 1.12 bits per heavy atom. The van der Waals surface area contributed by atoms with Crippen LogP contribution >= 0.6 is 22.7 Å². The molecule has 4 rings (SSSR count). The predicted molar refractivity (Wildman–Crippen MR) is 95.5 cm³/mol. The van der Waals surface area contributed by atoms with Crippen molar-refractivity contribution in [1.82, 2.24) is 35.0 Å². The lowest BCUT2D eigenvalue weighted by atomic mass is 9.92. The quantitative estimate of drug-likeness (QED) is 0.591. The number of hydrogen-bond acceptors (Lipinski definition) is 7. The molecule has 4 heterocycles. The molecule has 0 unspecified atom stereocenters. The molecule has 1 N–H and O–H groups in total. The zero-order valence-electron chi connectivity index (χ0n) is 14.1. The predicted octanol–water partition coefficient (Wildman–Crippen LogP) is 3.61. The van der Waals surface area contributed by atoms with Crippen LogP contribution in [0.1, 0.15) is 37.2 Å². The van der Waals surface area contributed by atoms with E-state index in [4.69, 9.17) is 5.10 Å². The number of aryl methyl sites for hydroxylation is 2. The van der Waals surface area contributed by atoms with E-state index in [0.29, 0.717) is 5.82 Å². The highest BCUT2D eigenvalue weighted by Gasteiger charge is 2.22. The summed E-state index contributed by atoms with van der Waals surface area (Å²) in [5.41, 5.74) is 2.80. The maximum absolute atomic E-state index is 4.69. The minimum absolute atomic E-state index is 0.000431. The van der Waals surface area contributed by atoms with Crippen LogP contribution in [-0.4, -0.2) is 35.0 Å². The number of nitrogens with one attached hydrogen (secondary N) is 1. The zero-order chi connectivity index (χ0) is 17.1. The summed E-state index contributed by atoms with van der Waals surface area (Å²) in [6, 6.07) is 2.01. The number of rotatable bonds is 2. The molecule has 9 heteroatoms. The molecule has 4 aromatic heterocycles. The molecular formula is C15H17N7S2. The van der Waals surface area contributed by atoms with Crippen LogP contribution in [0.2, 0.25) is 0 Å². The maximum atomic E-state index is 4.69. The van der Waals surface area contributed by atoms with Gasteiger partial charge in [0.2, 0.25) is 10.8 Å². The Morgan fingerprint density at radius 2 is 1.92 bits per heavy atom. The first-order valence-corrected chi connectivity index (χ1v) is 9.19. The molecule has 0 fully saturated rings. The molecular weight excluding hydrogens is 342 g/mol. The summed E-state index contributed by atoms with van der Waals surface area (Å²) >= 11 is 3.17. The largest absolute Gasteiger partial charge is 0.281 e. The highest BCUT2D eigenvalue weighted by molar-refractivity contribution is 7.24. The molecule has 0 atom stereocenters. The smallest absolute Gasteiger partial charge is 0.235 e. The number of nitrogens with zero attached hydrogens (tertiary/aromatic N) is 6. The maximum Gasteiger partial charge on any atom is 0.235 e. The van der Waals surface area contributed by atoms with E-state index < -0.39 is 0 Å². The van der Waals surface area contributed by atoms with Gasteiger partial charge in [-0.25, -0.2) is 4.98 Å². The van der Waals surface area contributed by atoms with Gasteiger partial charge in [-0.3, -0.25) is 5.10 Å². The Balaban J connectivity index is 1.80. The monoisotopic (exact) mass is 359 g/mol. The number of hydrogen-bond donors (Lipinski definition) is 1. The Labute approximate surface area is 146 Å². The molecule has 0 aliphatic heterocycles. The van der Waals surface area contributed by atoms with Crippen LogP contribution in [0.15, 0.2) is 6.07 Å². The standard InChI is InChI=1S/C15H17N7S2/c1-7-11(23-8(2)16-7)13-21-22-12(19-20-14(22)24-13)9-6-10(18-17-9)15(3,4)5/h6H,1-5H3,(H,17,18). The van der Waals surface area contributed by atoms with Gasteiger partial charge in [0.25, 0.3) is 0 Å². The SMILES string of the molecule is Cc1nc(C)c(-c2nn3c(-c4cc(C(C)(C)C)[nH]n4)nnc3s2)s1. The first kappa shape index (κ1) is 15.4. The fourth-order valence-corrected chi connectivity index (χ4v) is 4.30. The van der Waals surface area contributed by atoms with Crippen molar-refractivity contribution >= 4 is 27.6 Å². The van der Waals surface area contributed by atoms with Crippen LogP contribution in [-0.2, 0) is 5.41 Å². The van der Waals surface area contributed by atoms with Crippen LogP contribution in [0.5, 0.6) is 0 Å². The molecule has 0 aromatic carbocycles. The molecule has 24 heavy (non-hydrogen) atoms. The zero-order valence-corrected chi connectivity index (χ0v) is 15.7. The van der Waals surface area contributed by atoms with Crippen molar-refractivity contribution in [2.45, 2.75) is 40.0 Å². The van der Waals surface area contributed by atoms with Gasteiger partial charge in [-0.2, -0.15) is 14.7 Å². The van der Waals surface area contributed by atoms with Crippen LogP contribution in [0.25, 0.3) is 26.4 Å². The number of aromatic amines is 1. The highest BCUT2D eigenvalue weighted by Crippen LogP contribution is 2.34. The summed E-state index contributed by atoms with van der Waals surface area (Å²) in [4.78, 5) is 6.32. The number of thiazole rings is 1. The van der Waals surface area contributed by atoms with Crippen molar-refractivity contribution in [1.29, 1.82) is 0 Å². The van der Waals surface area contributed by atoms with Gasteiger partial charge in [-0.05, 0) is 19.9 Å². The molecule has 0 saturated carbocycles. The second kappa shape index (κ2) is 5.18. The Kier molecular flexibility index (Phi) is 3.33. The van der Waals surface area contributed by atoms with Crippen LogP contribution in [0, 0.1) is 13.8 Å². The minimum Gasteiger partial charge on any atom is -0.281 e. The van der Waals surface area contributed by atoms with E-state index in [2.05, 4.69) is 46.1 Å². The minimum atomic E-state index is -0.000431. The van der Waals surface area contributed by atoms with Crippen molar-refractivity contribution in [2.24, 2.45) is 0 Å². The summed E-state index contributed by atoms with van der Waals surface area (Å²) in [6.07, 6.45) is 0. The van der Waals surface area contributed by atoms with Gasteiger partial charge in [0.15, 0.2) is 5.01 Å². The van der Waals surface area contributed by atoms with Gasteiger partial charge in [-0.15, -0.1) is 21.5 Å². The molecule has 0 aliphatic carbocycles. The van der Waals surface area contributed by atoms with E-state index in [0.717, 1.165) is 36.9 Å². The Morgan fingerprint density at radius 3 is 2.54 bits per heavy atom. The van der Waals surface area contributed by atoms with Crippen molar-refractivity contribution in [3.05, 3.63) is 22.5 Å². The van der Waals surface area contributed by atoms with E-state index in [1.54, 1.807) is 15.9 Å². The summed E-state index contributed by atoms with van der Waals surface area (Å²) in [6.45, 7) is 10.4. The first-order valence-electron chi connectivity index (χ1n) is 7.56. The third kappa shape index (κ3) is 2.44. The fraction of sp³-hybridized carbons (Fsp3) is 0.400. The third-order valence-corrected chi connectivity index (χ3v) is 5.83. The Hall–Kier alpha value is -2.13. The lowest BCUT2D eigenvalue weighted by Gasteiger charge is -2.14. The number of aromatic nitrogens is 7. The van der Waals surface area contributed by atoms with E-state index in [-0.39, 0.29) is 5.41 Å². The van der Waals surface area contributed by atoms with Gasteiger partial charge in [0.05, 0.1) is 15.6 Å². The van der Waals surface area contributed by atoms with Crippen molar-refractivity contribution in [2.75, 3.05) is 0 Å². The van der Waals surface area contributed by atoms with Gasteiger partial charge in [0, 0.05) is 11.1 Å². The third-order valence-electron chi connectivity index (χ3n) is 3.70. The molecule has 4 aromatic rings. The molecule has 0 aliphatic rings. The van der Waals surface area contributed by atoms with E-state index in [1.165, 1.54) is 11.3 Å². The second-order valence-corrected chi connectivity index (χ2v) is 8.85. The average Bonchev–Trinajstić information content (AvgIpc) is 3.19. The van der Waals surface area contributed by atoms with Gasteiger partial charge < -0.3 is 0 Å². The van der Waals surface area contributed by atoms with E-state index >= 15 is 0 Å². The number of fused-ring (bicyclic) bond motifs is 1. The van der Waals surface area contributed by atoms with E-state index in [1.807, 2.05) is 19.9 Å².